The van der Waals surface area contributed by atoms with Gasteiger partial charge in [-0.25, -0.2) is 0 Å². The van der Waals surface area contributed by atoms with E-state index in [0.717, 1.165) is 58.5 Å². The molecule has 5 fully saturated rings. The fourth-order valence-electron chi connectivity index (χ4n) is 4.36. The highest BCUT2D eigenvalue weighted by molar-refractivity contribution is 6.21. The van der Waals surface area contributed by atoms with Gasteiger partial charge in [0.05, 0.1) is 56.2 Å². The molecule has 0 radical (unpaired) electrons. The van der Waals surface area contributed by atoms with E-state index in [0.29, 0.717) is 43.0 Å². The summed E-state index contributed by atoms with van der Waals surface area (Å²) < 4.78 is 43.0. The third-order valence-corrected chi connectivity index (χ3v) is 7.72. The lowest BCUT2D eigenvalue weighted by atomic mass is 9.94. The molecular weight excluding hydrogens is 532 g/mol. The van der Waals surface area contributed by atoms with Gasteiger partial charge in [0.25, 0.3) is 0 Å². The van der Waals surface area contributed by atoms with E-state index in [-0.39, 0.29) is 36.9 Å². The summed E-state index contributed by atoms with van der Waals surface area (Å²) in [6, 6.07) is 7.09. The molecule has 0 amide bonds. The molecule has 1 saturated carbocycles. The molecule has 2 N–H and O–H groups in total. The summed E-state index contributed by atoms with van der Waals surface area (Å²) in [5.74, 6) is 1.22. The lowest BCUT2D eigenvalue weighted by Crippen LogP contribution is -2.36. The summed E-state index contributed by atoms with van der Waals surface area (Å²) in [4.78, 5) is 0. The van der Waals surface area contributed by atoms with E-state index < -0.39 is 12.2 Å². The Morgan fingerprint density at radius 3 is 1.82 bits per heavy atom. The van der Waals surface area contributed by atoms with E-state index in [9.17, 15) is 10.2 Å². The average molecular weight is 573 g/mol. The lowest BCUT2D eigenvalue weighted by molar-refractivity contribution is -0.0311. The first-order chi connectivity index (χ1) is 19.0. The van der Waals surface area contributed by atoms with Crippen molar-refractivity contribution in [1.29, 1.82) is 0 Å². The molecule has 4 aliphatic heterocycles. The van der Waals surface area contributed by atoms with Crippen LogP contribution in [0.4, 0.5) is 0 Å². The molecule has 4 heterocycles. The van der Waals surface area contributed by atoms with Crippen molar-refractivity contribution in [3.05, 3.63) is 24.3 Å². The van der Waals surface area contributed by atoms with Gasteiger partial charge >= 0.3 is 0 Å². The maximum Gasteiger partial charge on any atom is 0.123 e. The molecule has 0 aromatic heterocycles. The van der Waals surface area contributed by atoms with Gasteiger partial charge in [0.1, 0.15) is 49.1 Å². The second-order valence-electron chi connectivity index (χ2n) is 10.7. The summed E-state index contributed by atoms with van der Waals surface area (Å²) in [5, 5.41) is 19.4. The zero-order valence-electron chi connectivity index (χ0n) is 22.2. The topological polar surface area (TPSA) is 128 Å². The standard InChI is InChI=1S/C14H23ClO4.C14H18O6/c15-13-7-10(16-5-3-11-8-18-11)1-2-14(13)17-6-4-12-9-19-12;15-11(13-7-19-13)5-17-9-2-1-3-10(4-9)18-6-12(16)14-8-20-14/h10-14H,1-9H2;1-4,11-16H,5-8H2. The molecule has 11 heteroatoms. The van der Waals surface area contributed by atoms with Crippen LogP contribution in [-0.4, -0.2) is 117 Å². The highest BCUT2D eigenvalue weighted by atomic mass is 35.5. The number of hydrogen-bond donors (Lipinski definition) is 2. The van der Waals surface area contributed by atoms with E-state index in [1.165, 1.54) is 0 Å². The van der Waals surface area contributed by atoms with Gasteiger partial charge in [0.15, 0.2) is 0 Å². The summed E-state index contributed by atoms with van der Waals surface area (Å²) >= 11 is 6.40. The van der Waals surface area contributed by atoms with Crippen LogP contribution in [0.5, 0.6) is 11.5 Å². The van der Waals surface area contributed by atoms with Crippen LogP contribution < -0.4 is 9.47 Å². The Bertz CT molecular complexity index is 823. The summed E-state index contributed by atoms with van der Waals surface area (Å²) in [6.45, 7) is 4.93. The number of rotatable bonds is 16. The third kappa shape index (κ3) is 10.9. The SMILES string of the molecule is ClC1CC(OCCC2CO2)CCC1OCCC1CO1.OC(COc1cccc(OCC(O)C2CO2)c1)C1CO1. The average Bonchev–Trinajstić information content (AvgIpc) is 3.78. The number of benzene rings is 1. The fraction of sp³-hybridized carbons (Fsp3) is 0.786. The maximum atomic E-state index is 9.64. The molecular formula is C28H41ClO10. The minimum atomic E-state index is -0.603. The lowest BCUT2D eigenvalue weighted by Gasteiger charge is -2.32. The van der Waals surface area contributed by atoms with Crippen LogP contribution >= 0.6 is 11.6 Å². The first-order valence-corrected chi connectivity index (χ1v) is 14.5. The smallest absolute Gasteiger partial charge is 0.123 e. The van der Waals surface area contributed by atoms with E-state index in [1.807, 2.05) is 0 Å². The summed E-state index contributed by atoms with van der Waals surface area (Å²) in [7, 11) is 0. The first-order valence-electron chi connectivity index (χ1n) is 14.1. The zero-order chi connectivity index (χ0) is 27.0. The first kappa shape index (κ1) is 29.3. The molecule has 5 aliphatic rings. The van der Waals surface area contributed by atoms with Crippen molar-refractivity contribution in [2.75, 3.05) is 52.9 Å². The van der Waals surface area contributed by atoms with Crippen LogP contribution in [0, 0.1) is 0 Å². The summed E-state index contributed by atoms with van der Waals surface area (Å²) in [6.07, 6.45) is 4.97. The molecule has 220 valence electrons. The second kappa shape index (κ2) is 14.6. The van der Waals surface area contributed by atoms with E-state index in [2.05, 4.69) is 0 Å². The molecule has 1 aromatic rings. The van der Waals surface area contributed by atoms with Crippen LogP contribution in [0.15, 0.2) is 24.3 Å². The van der Waals surface area contributed by atoms with Gasteiger partial charge in [-0.3, -0.25) is 0 Å². The van der Waals surface area contributed by atoms with Gasteiger partial charge in [-0.15, -0.1) is 11.6 Å². The molecule has 1 aromatic carbocycles. The molecule has 6 rings (SSSR count). The van der Waals surface area contributed by atoms with Gasteiger partial charge in [-0.1, -0.05) is 6.07 Å². The van der Waals surface area contributed by atoms with E-state index >= 15 is 0 Å². The molecule has 0 bridgehead atoms. The number of epoxide rings is 4. The Labute approximate surface area is 234 Å². The number of alkyl halides is 1. The minimum Gasteiger partial charge on any atom is -0.491 e. The van der Waals surface area contributed by atoms with E-state index in [4.69, 9.17) is 49.5 Å². The van der Waals surface area contributed by atoms with Gasteiger partial charge in [-0.2, -0.15) is 0 Å². The normalized spacial score (nSPS) is 33.8. The van der Waals surface area contributed by atoms with Crippen molar-refractivity contribution in [2.24, 2.45) is 0 Å². The van der Waals surface area contributed by atoms with Crippen molar-refractivity contribution in [1.82, 2.24) is 0 Å². The van der Waals surface area contributed by atoms with Crippen molar-refractivity contribution < 1.29 is 48.1 Å². The van der Waals surface area contributed by atoms with Crippen molar-refractivity contribution in [3.63, 3.8) is 0 Å². The van der Waals surface area contributed by atoms with Crippen LogP contribution in [-0.2, 0) is 28.4 Å². The largest absolute Gasteiger partial charge is 0.491 e. The zero-order valence-corrected chi connectivity index (χ0v) is 23.0. The number of aliphatic hydroxyl groups is 2. The minimum absolute atomic E-state index is 0.0797. The van der Waals surface area contributed by atoms with E-state index in [1.54, 1.807) is 24.3 Å². The Morgan fingerprint density at radius 1 is 0.795 bits per heavy atom. The fourth-order valence-corrected chi connectivity index (χ4v) is 4.76. The number of ether oxygens (including phenoxy) is 8. The molecule has 1 aliphatic carbocycles. The predicted molar refractivity (Wildman–Crippen MR) is 141 cm³/mol. The van der Waals surface area contributed by atoms with Crippen molar-refractivity contribution in [2.45, 2.75) is 86.3 Å². The quantitative estimate of drug-likeness (QED) is 0.224. The van der Waals surface area contributed by atoms with Crippen molar-refractivity contribution >= 4 is 11.6 Å². The highest BCUT2D eigenvalue weighted by Gasteiger charge is 2.33. The molecule has 9 atom stereocenters. The highest BCUT2D eigenvalue weighted by Crippen LogP contribution is 2.29. The van der Waals surface area contributed by atoms with Crippen LogP contribution in [0.3, 0.4) is 0 Å². The molecule has 4 saturated heterocycles. The van der Waals surface area contributed by atoms with Gasteiger partial charge in [0.2, 0.25) is 0 Å². The second-order valence-corrected chi connectivity index (χ2v) is 11.3. The van der Waals surface area contributed by atoms with Crippen molar-refractivity contribution in [3.8, 4) is 11.5 Å². The molecule has 39 heavy (non-hydrogen) atoms. The van der Waals surface area contributed by atoms with Gasteiger partial charge in [0, 0.05) is 19.3 Å². The van der Waals surface area contributed by atoms with Crippen LogP contribution in [0.2, 0.25) is 0 Å². The Balaban J connectivity index is 0.000000158. The van der Waals surface area contributed by atoms with Crippen LogP contribution in [0.25, 0.3) is 0 Å². The molecule has 10 nitrogen and oxygen atoms in total. The number of halogens is 1. The number of hydrogen-bond acceptors (Lipinski definition) is 10. The monoisotopic (exact) mass is 572 g/mol. The Morgan fingerprint density at radius 2 is 1.33 bits per heavy atom. The molecule has 9 unspecified atom stereocenters. The Hall–Kier alpha value is -1.21. The summed E-state index contributed by atoms with van der Waals surface area (Å²) in [5.41, 5.74) is 0. The predicted octanol–water partition coefficient (Wildman–Crippen LogP) is 2.09. The maximum absolute atomic E-state index is 9.64. The van der Waals surface area contributed by atoms with Crippen LogP contribution in [0.1, 0.15) is 32.1 Å². The van der Waals surface area contributed by atoms with Gasteiger partial charge in [-0.05, 0) is 44.2 Å². The third-order valence-electron chi connectivity index (χ3n) is 7.26. The number of aliphatic hydroxyl groups excluding tert-OH is 2. The molecule has 0 spiro atoms. The van der Waals surface area contributed by atoms with Gasteiger partial charge < -0.3 is 48.1 Å². The Kier molecular flexibility index (Phi) is 11.0.